The summed E-state index contributed by atoms with van der Waals surface area (Å²) < 4.78 is 0. The van der Waals surface area contributed by atoms with Gasteiger partial charge in [0, 0.05) is 12.0 Å². The number of benzene rings is 1. The average Bonchev–Trinajstić information content (AvgIpc) is 3.03. The predicted molar refractivity (Wildman–Crippen MR) is 87.1 cm³/mol. The molecule has 2 rings (SSSR count). The molecule has 0 bridgehead atoms. The number of aliphatic carboxylic acids is 1. The van der Waals surface area contributed by atoms with E-state index >= 15 is 0 Å². The normalized spacial score (nSPS) is 13.8. The van der Waals surface area contributed by atoms with Gasteiger partial charge in [0.1, 0.15) is 0 Å². The first-order valence-corrected chi connectivity index (χ1v) is 8.00. The number of hydrogen-bond acceptors (Lipinski definition) is 1. The number of hydrogen-bond donors (Lipinski definition) is 1. The van der Waals surface area contributed by atoms with Crippen molar-refractivity contribution in [3.8, 4) is 11.8 Å². The molecule has 0 unspecified atom stereocenters. The summed E-state index contributed by atoms with van der Waals surface area (Å²) >= 11 is 0. The van der Waals surface area contributed by atoms with E-state index < -0.39 is 5.97 Å². The lowest BCUT2D eigenvalue weighted by Crippen LogP contribution is -2.07. The predicted octanol–water partition coefficient (Wildman–Crippen LogP) is 4.88. The smallest absolute Gasteiger partial charge is 0.306 e. The molecule has 1 aliphatic carbocycles. The van der Waals surface area contributed by atoms with Crippen molar-refractivity contribution in [1.82, 2.24) is 0 Å². The topological polar surface area (TPSA) is 37.3 Å². The highest BCUT2D eigenvalue weighted by molar-refractivity contribution is 5.70. The highest BCUT2D eigenvalue weighted by Crippen LogP contribution is 2.24. The summed E-state index contributed by atoms with van der Waals surface area (Å²) in [6.45, 7) is 2.21. The largest absolute Gasteiger partial charge is 0.481 e. The maximum absolute atomic E-state index is 10.2. The molecule has 0 amide bonds. The highest BCUT2D eigenvalue weighted by atomic mass is 16.4. The maximum atomic E-state index is 10.2. The van der Waals surface area contributed by atoms with E-state index in [9.17, 15) is 4.79 Å². The van der Waals surface area contributed by atoms with Gasteiger partial charge in [0.05, 0.1) is 5.92 Å². The molecule has 21 heavy (non-hydrogen) atoms. The molecule has 0 atom stereocenters. The number of carbonyl (C=O) groups is 1. The molecule has 1 aromatic rings. The van der Waals surface area contributed by atoms with Crippen molar-refractivity contribution < 1.29 is 9.90 Å². The number of unbranched alkanes of at least 4 members (excludes halogenated alkanes) is 3. The van der Waals surface area contributed by atoms with Crippen molar-refractivity contribution in [1.29, 1.82) is 0 Å². The minimum absolute atomic E-state index is 0.0185. The van der Waals surface area contributed by atoms with Crippen molar-refractivity contribution in [2.45, 2.75) is 58.3 Å². The molecule has 1 fully saturated rings. The van der Waals surface area contributed by atoms with E-state index in [1.54, 1.807) is 0 Å². The van der Waals surface area contributed by atoms with Gasteiger partial charge in [0.15, 0.2) is 0 Å². The summed E-state index contributed by atoms with van der Waals surface area (Å²) in [6, 6.07) is 10.2. The summed E-state index contributed by atoms with van der Waals surface area (Å²) in [4.78, 5) is 10.2. The zero-order valence-corrected chi connectivity index (χ0v) is 13.0. The van der Waals surface area contributed by atoms with Crippen LogP contribution in [0.5, 0.6) is 0 Å². The van der Waals surface area contributed by atoms with Gasteiger partial charge in [-0.3, -0.25) is 4.79 Å². The zero-order valence-electron chi connectivity index (χ0n) is 13.0. The molecular formula is C19H26O2. The number of carboxylic acids is 1. The second-order valence-corrected chi connectivity index (χ2v) is 5.44. The lowest BCUT2D eigenvalue weighted by atomic mass is 10.1. The lowest BCUT2D eigenvalue weighted by molar-refractivity contribution is -0.141. The molecule has 2 heteroatoms. The molecule has 0 heterocycles. The Balaban J connectivity index is 0.000000235. The summed E-state index contributed by atoms with van der Waals surface area (Å²) in [7, 11) is 0. The summed E-state index contributed by atoms with van der Waals surface area (Å²) in [6.07, 6.45) is 8.84. The third-order valence-corrected chi connectivity index (χ3v) is 3.62. The Hall–Kier alpha value is -1.75. The fraction of sp³-hybridized carbons (Fsp3) is 0.526. The number of rotatable bonds is 4. The lowest BCUT2D eigenvalue weighted by Gasteiger charge is -1.97. The summed E-state index contributed by atoms with van der Waals surface area (Å²) in [5, 5.41) is 8.41. The van der Waals surface area contributed by atoms with Crippen LogP contribution in [0.1, 0.15) is 63.9 Å². The van der Waals surface area contributed by atoms with Gasteiger partial charge >= 0.3 is 5.97 Å². The third kappa shape index (κ3) is 8.19. The maximum Gasteiger partial charge on any atom is 0.306 e. The fourth-order valence-corrected chi connectivity index (χ4v) is 2.32. The molecule has 0 aliphatic heterocycles. The van der Waals surface area contributed by atoms with Crippen molar-refractivity contribution in [2.75, 3.05) is 0 Å². The van der Waals surface area contributed by atoms with Crippen LogP contribution >= 0.6 is 0 Å². The highest BCUT2D eigenvalue weighted by Gasteiger charge is 2.20. The van der Waals surface area contributed by atoms with Crippen LogP contribution in [-0.4, -0.2) is 11.1 Å². The molecule has 1 aromatic carbocycles. The average molecular weight is 286 g/mol. The van der Waals surface area contributed by atoms with Gasteiger partial charge in [-0.25, -0.2) is 0 Å². The van der Waals surface area contributed by atoms with Crippen LogP contribution in [0.2, 0.25) is 0 Å². The first kappa shape index (κ1) is 17.3. The van der Waals surface area contributed by atoms with Gasteiger partial charge in [0.25, 0.3) is 0 Å². The van der Waals surface area contributed by atoms with Crippen molar-refractivity contribution in [3.05, 3.63) is 35.9 Å². The zero-order chi connectivity index (χ0) is 15.3. The summed E-state index contributed by atoms with van der Waals surface area (Å²) in [5.74, 6) is 5.71. The van der Waals surface area contributed by atoms with Crippen LogP contribution in [0.15, 0.2) is 30.3 Å². The van der Waals surface area contributed by atoms with E-state index in [1.807, 2.05) is 30.3 Å². The minimum atomic E-state index is -0.609. The molecular weight excluding hydrogens is 260 g/mol. The first-order valence-electron chi connectivity index (χ1n) is 8.00. The molecule has 114 valence electrons. The van der Waals surface area contributed by atoms with Crippen LogP contribution in [-0.2, 0) is 4.79 Å². The monoisotopic (exact) mass is 286 g/mol. The van der Waals surface area contributed by atoms with Crippen LogP contribution in [0.3, 0.4) is 0 Å². The van der Waals surface area contributed by atoms with E-state index in [0.717, 1.165) is 37.7 Å². The SMILES string of the molecule is CCCCCC#Cc1ccccc1.O=C(O)C1CCCC1. The van der Waals surface area contributed by atoms with Crippen molar-refractivity contribution in [3.63, 3.8) is 0 Å². The van der Waals surface area contributed by atoms with Crippen LogP contribution in [0, 0.1) is 17.8 Å². The molecule has 0 spiro atoms. The quantitative estimate of drug-likeness (QED) is 0.632. The van der Waals surface area contributed by atoms with Gasteiger partial charge in [0.2, 0.25) is 0 Å². The second-order valence-electron chi connectivity index (χ2n) is 5.44. The fourth-order valence-electron chi connectivity index (χ4n) is 2.32. The molecule has 1 N–H and O–H groups in total. The summed E-state index contributed by atoms with van der Waals surface area (Å²) in [5.41, 5.74) is 1.12. The van der Waals surface area contributed by atoms with Crippen molar-refractivity contribution >= 4 is 5.97 Å². The third-order valence-electron chi connectivity index (χ3n) is 3.62. The van der Waals surface area contributed by atoms with Crippen LogP contribution in [0.25, 0.3) is 0 Å². The molecule has 2 nitrogen and oxygen atoms in total. The Morgan fingerprint density at radius 3 is 2.38 bits per heavy atom. The second kappa shape index (κ2) is 11.0. The van der Waals surface area contributed by atoms with Gasteiger partial charge in [-0.05, 0) is 31.4 Å². The van der Waals surface area contributed by atoms with E-state index in [2.05, 4.69) is 18.8 Å². The Kier molecular flexibility index (Phi) is 9.04. The number of carboxylic acid groups (broad SMARTS) is 1. The Morgan fingerprint density at radius 1 is 1.19 bits per heavy atom. The van der Waals surface area contributed by atoms with Crippen LogP contribution < -0.4 is 0 Å². The van der Waals surface area contributed by atoms with E-state index in [1.165, 1.54) is 19.3 Å². The van der Waals surface area contributed by atoms with Gasteiger partial charge in [-0.15, -0.1) is 0 Å². The van der Waals surface area contributed by atoms with Crippen LogP contribution in [0.4, 0.5) is 0 Å². The van der Waals surface area contributed by atoms with Crippen molar-refractivity contribution in [2.24, 2.45) is 5.92 Å². The van der Waals surface area contributed by atoms with E-state index in [0.29, 0.717) is 0 Å². The van der Waals surface area contributed by atoms with Gasteiger partial charge < -0.3 is 5.11 Å². The Morgan fingerprint density at radius 2 is 1.86 bits per heavy atom. The standard InChI is InChI=1S/C13H16.C6H10O2/c1-2-3-4-5-7-10-13-11-8-6-9-12-13;7-6(8)5-3-1-2-4-5/h6,8-9,11-12H,2-5H2,1H3;5H,1-4H2,(H,7,8). The molecule has 0 saturated heterocycles. The molecule has 0 aromatic heterocycles. The first-order chi connectivity index (χ1) is 10.2. The van der Waals surface area contributed by atoms with E-state index in [-0.39, 0.29) is 5.92 Å². The molecule has 1 aliphatic rings. The van der Waals surface area contributed by atoms with E-state index in [4.69, 9.17) is 5.11 Å². The van der Waals surface area contributed by atoms with Gasteiger partial charge in [-0.1, -0.05) is 62.6 Å². The molecule has 1 saturated carbocycles. The Labute approximate surface area is 128 Å². The van der Waals surface area contributed by atoms with Gasteiger partial charge in [-0.2, -0.15) is 0 Å². The molecule has 0 radical (unpaired) electrons. The Bertz CT molecular complexity index is 447. The minimum Gasteiger partial charge on any atom is -0.481 e.